The Labute approximate surface area is 131 Å². The van der Waals surface area contributed by atoms with Gasteiger partial charge < -0.3 is 4.74 Å². The Bertz CT molecular complexity index is 650. The molecule has 0 saturated carbocycles. The zero-order valence-corrected chi connectivity index (χ0v) is 13.9. The molecule has 9 heteroatoms. The first-order valence-corrected chi connectivity index (χ1v) is 8.53. The summed E-state index contributed by atoms with van der Waals surface area (Å²) < 4.78 is 32.8. The van der Waals surface area contributed by atoms with Crippen molar-refractivity contribution in [2.24, 2.45) is 5.92 Å². The number of sulfonamides is 1. The van der Waals surface area contributed by atoms with Gasteiger partial charge in [-0.15, -0.1) is 0 Å². The highest BCUT2D eigenvalue weighted by molar-refractivity contribution is 9.10. The topological polar surface area (TPSA) is 96.5 Å². The van der Waals surface area contributed by atoms with E-state index >= 15 is 0 Å². The minimum atomic E-state index is -3.79. The predicted molar refractivity (Wildman–Crippen MR) is 81.9 cm³/mol. The number of hydrogen-bond acceptors (Lipinski definition) is 6. The van der Waals surface area contributed by atoms with Crippen molar-refractivity contribution < 1.29 is 17.9 Å². The van der Waals surface area contributed by atoms with E-state index in [4.69, 9.17) is 0 Å². The van der Waals surface area contributed by atoms with Gasteiger partial charge in [0.05, 0.1) is 7.11 Å². The number of aryl methyl sites for hydroxylation is 1. The van der Waals surface area contributed by atoms with E-state index in [1.54, 1.807) is 18.2 Å². The van der Waals surface area contributed by atoms with E-state index in [2.05, 4.69) is 36.2 Å². The van der Waals surface area contributed by atoms with E-state index in [1.165, 1.54) is 7.11 Å². The van der Waals surface area contributed by atoms with Crippen molar-refractivity contribution in [3.05, 3.63) is 28.2 Å². The fourth-order valence-corrected chi connectivity index (χ4v) is 3.77. The van der Waals surface area contributed by atoms with Crippen LogP contribution < -0.4 is 15.6 Å². The molecular formula is C12H16BrN3O4S. The highest BCUT2D eigenvalue weighted by atomic mass is 79.9. The molecule has 21 heavy (non-hydrogen) atoms. The minimum absolute atomic E-state index is 0.192. The molecule has 1 aromatic rings. The van der Waals surface area contributed by atoms with Crippen molar-refractivity contribution >= 4 is 37.6 Å². The number of esters is 1. The molecular weight excluding hydrogens is 362 g/mol. The summed E-state index contributed by atoms with van der Waals surface area (Å²) in [6.07, 6.45) is 0. The SMILES string of the molecule is COC(=O)C1CNNC1S(=O)(=O)Nc1ccc(Br)c(C)c1. The van der Waals surface area contributed by atoms with Crippen molar-refractivity contribution in [3.8, 4) is 0 Å². The Hall–Kier alpha value is -1.16. The number of nitrogens with one attached hydrogen (secondary N) is 3. The van der Waals surface area contributed by atoms with Crippen LogP contribution in [0.1, 0.15) is 5.56 Å². The quantitative estimate of drug-likeness (QED) is 0.669. The molecule has 3 N–H and O–H groups in total. The first-order chi connectivity index (χ1) is 9.85. The molecule has 0 radical (unpaired) electrons. The van der Waals surface area contributed by atoms with E-state index in [1.807, 2.05) is 6.92 Å². The summed E-state index contributed by atoms with van der Waals surface area (Å²) in [7, 11) is -2.55. The second-order valence-corrected chi connectivity index (χ2v) is 7.34. The lowest BCUT2D eigenvalue weighted by Gasteiger charge is -2.18. The van der Waals surface area contributed by atoms with E-state index in [-0.39, 0.29) is 6.54 Å². The molecule has 1 aliphatic rings. The molecule has 0 aromatic heterocycles. The van der Waals surface area contributed by atoms with Gasteiger partial charge in [0.15, 0.2) is 5.37 Å². The maximum Gasteiger partial charge on any atom is 0.312 e. The van der Waals surface area contributed by atoms with Crippen LogP contribution in [0.15, 0.2) is 22.7 Å². The number of carbonyl (C=O) groups is 1. The lowest BCUT2D eigenvalue weighted by molar-refractivity contribution is -0.144. The van der Waals surface area contributed by atoms with Gasteiger partial charge in [-0.05, 0) is 30.7 Å². The molecule has 0 amide bonds. The van der Waals surface area contributed by atoms with E-state index in [0.29, 0.717) is 5.69 Å². The van der Waals surface area contributed by atoms with Crippen molar-refractivity contribution in [3.63, 3.8) is 0 Å². The molecule has 0 bridgehead atoms. The molecule has 1 aromatic carbocycles. The summed E-state index contributed by atoms with van der Waals surface area (Å²) >= 11 is 3.35. The van der Waals surface area contributed by atoms with Crippen LogP contribution in [0, 0.1) is 12.8 Å². The second kappa shape index (κ2) is 6.30. The standard InChI is InChI=1S/C12H16BrN3O4S/c1-7-5-8(3-4-10(7)13)16-21(18,19)11-9(6-14-15-11)12(17)20-2/h3-5,9,11,14-16H,6H2,1-2H3. The molecule has 1 aliphatic heterocycles. The van der Waals surface area contributed by atoms with Crippen LogP contribution in [0.3, 0.4) is 0 Å². The summed E-state index contributed by atoms with van der Waals surface area (Å²) in [6, 6.07) is 5.10. The molecule has 2 atom stereocenters. The number of halogens is 1. The van der Waals surface area contributed by atoms with Crippen LogP contribution in [0.2, 0.25) is 0 Å². The van der Waals surface area contributed by atoms with Gasteiger partial charge in [0.1, 0.15) is 5.92 Å². The van der Waals surface area contributed by atoms with Gasteiger partial charge in [-0.1, -0.05) is 15.9 Å². The highest BCUT2D eigenvalue weighted by Crippen LogP contribution is 2.23. The smallest absolute Gasteiger partial charge is 0.312 e. The van der Waals surface area contributed by atoms with Crippen LogP contribution >= 0.6 is 15.9 Å². The number of ether oxygens (including phenoxy) is 1. The second-order valence-electron chi connectivity index (χ2n) is 4.69. The number of methoxy groups -OCH3 is 1. The van der Waals surface area contributed by atoms with Crippen LogP contribution in [-0.4, -0.2) is 33.4 Å². The molecule has 1 heterocycles. The number of rotatable bonds is 4. The summed E-state index contributed by atoms with van der Waals surface area (Å²) in [5.41, 5.74) is 6.61. The summed E-state index contributed by atoms with van der Waals surface area (Å²) in [5, 5.41) is -1.09. The monoisotopic (exact) mass is 377 g/mol. The molecule has 0 aliphatic carbocycles. The van der Waals surface area contributed by atoms with Gasteiger partial charge >= 0.3 is 5.97 Å². The first kappa shape index (κ1) is 16.2. The fourth-order valence-electron chi connectivity index (χ4n) is 2.07. The predicted octanol–water partition coefficient (Wildman–Crippen LogP) is 0.722. The zero-order chi connectivity index (χ0) is 15.6. The van der Waals surface area contributed by atoms with Gasteiger partial charge in [0.25, 0.3) is 10.0 Å². The summed E-state index contributed by atoms with van der Waals surface area (Å²) in [6.45, 7) is 2.05. The van der Waals surface area contributed by atoms with Gasteiger partial charge in [0.2, 0.25) is 0 Å². The summed E-state index contributed by atoms with van der Waals surface area (Å²) in [4.78, 5) is 11.6. The molecule has 1 fully saturated rings. The largest absolute Gasteiger partial charge is 0.469 e. The Morgan fingerprint density at radius 1 is 1.48 bits per heavy atom. The number of benzene rings is 1. The van der Waals surface area contributed by atoms with Crippen LogP contribution in [0.5, 0.6) is 0 Å². The van der Waals surface area contributed by atoms with Gasteiger partial charge in [-0.2, -0.15) is 0 Å². The Balaban J connectivity index is 2.21. The van der Waals surface area contributed by atoms with Crippen LogP contribution in [0.25, 0.3) is 0 Å². The molecule has 116 valence electrons. The van der Waals surface area contributed by atoms with E-state index in [9.17, 15) is 13.2 Å². The number of hydrazine groups is 1. The molecule has 1 saturated heterocycles. The maximum atomic E-state index is 12.4. The number of anilines is 1. The van der Waals surface area contributed by atoms with Crippen LogP contribution in [0.4, 0.5) is 5.69 Å². The first-order valence-electron chi connectivity index (χ1n) is 6.19. The average Bonchev–Trinajstić information content (AvgIpc) is 2.92. The zero-order valence-electron chi connectivity index (χ0n) is 11.5. The van der Waals surface area contributed by atoms with Crippen molar-refractivity contribution in [2.75, 3.05) is 18.4 Å². The third-order valence-electron chi connectivity index (χ3n) is 3.19. The maximum absolute atomic E-state index is 12.4. The average molecular weight is 378 g/mol. The van der Waals surface area contributed by atoms with Gasteiger partial charge in [-0.25, -0.2) is 13.8 Å². The third kappa shape index (κ3) is 3.54. The Kier molecular flexibility index (Phi) is 4.87. The molecule has 7 nitrogen and oxygen atoms in total. The Morgan fingerprint density at radius 3 is 2.81 bits per heavy atom. The summed E-state index contributed by atoms with van der Waals surface area (Å²) in [5.74, 6) is -1.38. The molecule has 2 unspecified atom stereocenters. The van der Waals surface area contributed by atoms with Gasteiger partial charge in [-0.3, -0.25) is 14.9 Å². The van der Waals surface area contributed by atoms with Crippen molar-refractivity contribution in [2.45, 2.75) is 12.3 Å². The normalized spacial score (nSPS) is 22.0. The van der Waals surface area contributed by atoms with E-state index in [0.717, 1.165) is 10.0 Å². The van der Waals surface area contributed by atoms with Crippen LogP contribution in [-0.2, 0) is 19.6 Å². The van der Waals surface area contributed by atoms with Crippen molar-refractivity contribution in [1.29, 1.82) is 0 Å². The third-order valence-corrected chi connectivity index (χ3v) is 5.71. The van der Waals surface area contributed by atoms with E-state index < -0.39 is 27.3 Å². The molecule has 0 spiro atoms. The number of carbonyl (C=O) groups excluding carboxylic acids is 1. The van der Waals surface area contributed by atoms with Crippen molar-refractivity contribution in [1.82, 2.24) is 10.9 Å². The molecule has 2 rings (SSSR count). The fraction of sp³-hybridized carbons (Fsp3) is 0.417. The van der Waals surface area contributed by atoms with Gasteiger partial charge in [0, 0.05) is 16.7 Å². The lowest BCUT2D eigenvalue weighted by Crippen LogP contribution is -2.44. The highest BCUT2D eigenvalue weighted by Gasteiger charge is 2.42. The number of hydrogen-bond donors (Lipinski definition) is 3. The Morgan fingerprint density at radius 2 is 2.19 bits per heavy atom. The lowest BCUT2D eigenvalue weighted by atomic mass is 10.2. The minimum Gasteiger partial charge on any atom is -0.469 e.